The van der Waals surface area contributed by atoms with Crippen molar-refractivity contribution in [3.8, 4) is 0 Å². The smallest absolute Gasteiger partial charge is 0.225 e. The highest BCUT2D eigenvalue weighted by atomic mass is 16.2. The fraction of sp³-hybridized carbons (Fsp3) is 0.579. The van der Waals surface area contributed by atoms with E-state index in [9.17, 15) is 9.59 Å². The van der Waals surface area contributed by atoms with Crippen LogP contribution < -0.4 is 10.2 Å². The van der Waals surface area contributed by atoms with Gasteiger partial charge in [0.05, 0.1) is 5.92 Å². The van der Waals surface area contributed by atoms with Crippen LogP contribution in [0.25, 0.3) is 0 Å². The van der Waals surface area contributed by atoms with Crippen molar-refractivity contribution in [2.75, 3.05) is 24.5 Å². The fourth-order valence-electron chi connectivity index (χ4n) is 3.65. The van der Waals surface area contributed by atoms with E-state index in [0.29, 0.717) is 13.0 Å². The molecule has 0 aliphatic carbocycles. The number of hydrogen-bond donors (Lipinski definition) is 1. The first-order valence-corrected chi connectivity index (χ1v) is 8.94. The van der Waals surface area contributed by atoms with Crippen LogP contribution in [0, 0.1) is 5.92 Å². The lowest BCUT2D eigenvalue weighted by atomic mass is 10.0. The van der Waals surface area contributed by atoms with Gasteiger partial charge in [0.25, 0.3) is 0 Å². The van der Waals surface area contributed by atoms with Gasteiger partial charge >= 0.3 is 0 Å². The average Bonchev–Trinajstić information content (AvgIpc) is 2.99. The third kappa shape index (κ3) is 3.71. The lowest BCUT2D eigenvalue weighted by Gasteiger charge is -2.34. The Hall–Kier alpha value is -2.04. The van der Waals surface area contributed by atoms with Crippen LogP contribution in [-0.4, -0.2) is 48.4 Å². The predicted molar refractivity (Wildman–Crippen MR) is 94.8 cm³/mol. The SMILES string of the molecule is CC(C)N1CC(C(=O)NC2CCN(c3ccccc3)CC2)CC1=O. The summed E-state index contributed by atoms with van der Waals surface area (Å²) in [4.78, 5) is 28.6. The highest BCUT2D eigenvalue weighted by Crippen LogP contribution is 2.22. The van der Waals surface area contributed by atoms with Crippen molar-refractivity contribution in [1.29, 1.82) is 0 Å². The Balaban J connectivity index is 1.48. The van der Waals surface area contributed by atoms with Crippen molar-refractivity contribution in [1.82, 2.24) is 10.2 Å². The van der Waals surface area contributed by atoms with Crippen molar-refractivity contribution < 1.29 is 9.59 Å². The third-order valence-electron chi connectivity index (χ3n) is 5.12. The summed E-state index contributed by atoms with van der Waals surface area (Å²) in [5, 5.41) is 3.17. The van der Waals surface area contributed by atoms with E-state index in [2.05, 4.69) is 34.5 Å². The second kappa shape index (κ2) is 7.24. The number of nitrogens with one attached hydrogen (secondary N) is 1. The molecule has 24 heavy (non-hydrogen) atoms. The van der Waals surface area contributed by atoms with E-state index >= 15 is 0 Å². The molecule has 3 rings (SSSR count). The Kier molecular flexibility index (Phi) is 5.07. The van der Waals surface area contributed by atoms with Gasteiger partial charge in [-0.3, -0.25) is 9.59 Å². The van der Waals surface area contributed by atoms with Crippen molar-refractivity contribution in [3.63, 3.8) is 0 Å². The Labute approximate surface area is 144 Å². The summed E-state index contributed by atoms with van der Waals surface area (Å²) < 4.78 is 0. The number of benzene rings is 1. The second-order valence-corrected chi connectivity index (χ2v) is 7.15. The van der Waals surface area contributed by atoms with Gasteiger partial charge in [-0.1, -0.05) is 18.2 Å². The van der Waals surface area contributed by atoms with E-state index in [1.54, 1.807) is 0 Å². The minimum atomic E-state index is -0.188. The number of hydrogen-bond acceptors (Lipinski definition) is 3. The van der Waals surface area contributed by atoms with Gasteiger partial charge in [0.15, 0.2) is 0 Å². The van der Waals surface area contributed by atoms with Crippen LogP contribution in [-0.2, 0) is 9.59 Å². The summed E-state index contributed by atoms with van der Waals surface area (Å²) in [7, 11) is 0. The molecule has 0 bridgehead atoms. The van der Waals surface area contributed by atoms with Crippen LogP contribution in [0.15, 0.2) is 30.3 Å². The van der Waals surface area contributed by atoms with Crippen LogP contribution >= 0.6 is 0 Å². The van der Waals surface area contributed by atoms with Crippen LogP contribution in [0.2, 0.25) is 0 Å². The molecule has 2 heterocycles. The quantitative estimate of drug-likeness (QED) is 0.919. The molecule has 0 radical (unpaired) electrons. The molecule has 0 saturated carbocycles. The molecule has 5 nitrogen and oxygen atoms in total. The standard InChI is InChI=1S/C19H27N3O2/c1-14(2)22-13-15(12-18(22)23)19(24)20-16-8-10-21(11-9-16)17-6-4-3-5-7-17/h3-7,14-16H,8-13H2,1-2H3,(H,20,24). The van der Waals surface area contributed by atoms with Crippen LogP contribution in [0.1, 0.15) is 33.1 Å². The summed E-state index contributed by atoms with van der Waals surface area (Å²) in [5.74, 6) is -0.0410. The number of para-hydroxylation sites is 1. The first-order chi connectivity index (χ1) is 11.5. The number of rotatable bonds is 4. The van der Waals surface area contributed by atoms with Gasteiger partial charge in [0.2, 0.25) is 11.8 Å². The normalized spacial score (nSPS) is 22.3. The van der Waals surface area contributed by atoms with Gasteiger partial charge in [-0.2, -0.15) is 0 Å². The molecule has 2 saturated heterocycles. The Morgan fingerprint density at radius 3 is 2.42 bits per heavy atom. The monoisotopic (exact) mass is 329 g/mol. The molecule has 2 aliphatic heterocycles. The maximum atomic E-state index is 12.5. The molecule has 1 unspecified atom stereocenters. The predicted octanol–water partition coefficient (Wildman–Crippen LogP) is 2.03. The average molecular weight is 329 g/mol. The van der Waals surface area contributed by atoms with Crippen molar-refractivity contribution in [2.24, 2.45) is 5.92 Å². The Bertz CT molecular complexity index is 580. The topological polar surface area (TPSA) is 52.7 Å². The number of amides is 2. The van der Waals surface area contributed by atoms with Gasteiger partial charge in [-0.05, 0) is 38.8 Å². The summed E-state index contributed by atoms with van der Waals surface area (Å²) in [6.07, 6.45) is 2.26. The summed E-state index contributed by atoms with van der Waals surface area (Å²) in [6, 6.07) is 10.8. The molecule has 1 aromatic carbocycles. The molecular formula is C19H27N3O2. The van der Waals surface area contributed by atoms with E-state index in [4.69, 9.17) is 0 Å². The Morgan fingerprint density at radius 2 is 1.83 bits per heavy atom. The molecule has 0 spiro atoms. The molecule has 5 heteroatoms. The van der Waals surface area contributed by atoms with Crippen molar-refractivity contribution in [2.45, 2.75) is 45.2 Å². The number of piperidine rings is 1. The largest absolute Gasteiger partial charge is 0.371 e. The van der Waals surface area contributed by atoms with E-state index in [1.165, 1.54) is 5.69 Å². The van der Waals surface area contributed by atoms with Crippen LogP contribution in [0.3, 0.4) is 0 Å². The molecule has 130 valence electrons. The summed E-state index contributed by atoms with van der Waals surface area (Å²) in [6.45, 7) is 6.47. The van der Waals surface area contributed by atoms with Gasteiger partial charge < -0.3 is 15.1 Å². The number of likely N-dealkylation sites (tertiary alicyclic amines) is 1. The summed E-state index contributed by atoms with van der Waals surface area (Å²) in [5.41, 5.74) is 1.25. The molecule has 2 fully saturated rings. The molecule has 2 amide bonds. The van der Waals surface area contributed by atoms with E-state index in [-0.39, 0.29) is 29.8 Å². The lowest BCUT2D eigenvalue weighted by molar-refractivity contribution is -0.130. The zero-order valence-corrected chi connectivity index (χ0v) is 14.6. The molecule has 1 aromatic rings. The fourth-order valence-corrected chi connectivity index (χ4v) is 3.65. The number of carbonyl (C=O) groups is 2. The van der Waals surface area contributed by atoms with Crippen molar-refractivity contribution >= 4 is 17.5 Å². The van der Waals surface area contributed by atoms with Gasteiger partial charge in [0, 0.05) is 43.8 Å². The molecule has 1 atom stereocenters. The molecule has 2 aliphatic rings. The van der Waals surface area contributed by atoms with Gasteiger partial charge in [-0.15, -0.1) is 0 Å². The number of carbonyl (C=O) groups excluding carboxylic acids is 2. The second-order valence-electron chi connectivity index (χ2n) is 7.15. The highest BCUT2D eigenvalue weighted by molar-refractivity contribution is 5.89. The Morgan fingerprint density at radius 1 is 1.17 bits per heavy atom. The lowest BCUT2D eigenvalue weighted by Crippen LogP contribution is -2.46. The molecular weight excluding hydrogens is 302 g/mol. The van der Waals surface area contributed by atoms with E-state index in [1.807, 2.05) is 24.8 Å². The first-order valence-electron chi connectivity index (χ1n) is 8.94. The van der Waals surface area contributed by atoms with Crippen LogP contribution in [0.4, 0.5) is 5.69 Å². The summed E-state index contributed by atoms with van der Waals surface area (Å²) >= 11 is 0. The zero-order chi connectivity index (χ0) is 17.1. The van der Waals surface area contributed by atoms with E-state index < -0.39 is 0 Å². The first kappa shape index (κ1) is 16.8. The van der Waals surface area contributed by atoms with Crippen molar-refractivity contribution in [3.05, 3.63) is 30.3 Å². The minimum Gasteiger partial charge on any atom is -0.371 e. The maximum Gasteiger partial charge on any atom is 0.225 e. The molecule has 1 N–H and O–H groups in total. The molecule has 0 aromatic heterocycles. The number of anilines is 1. The van der Waals surface area contributed by atoms with Crippen LogP contribution in [0.5, 0.6) is 0 Å². The highest BCUT2D eigenvalue weighted by Gasteiger charge is 2.36. The number of nitrogens with zero attached hydrogens (tertiary/aromatic N) is 2. The van der Waals surface area contributed by atoms with E-state index in [0.717, 1.165) is 25.9 Å². The minimum absolute atomic E-state index is 0.0460. The zero-order valence-electron chi connectivity index (χ0n) is 14.6. The maximum absolute atomic E-state index is 12.5. The van der Waals surface area contributed by atoms with Gasteiger partial charge in [0.1, 0.15) is 0 Å². The van der Waals surface area contributed by atoms with Gasteiger partial charge in [-0.25, -0.2) is 0 Å². The third-order valence-corrected chi connectivity index (χ3v) is 5.12.